The molecule has 1 aromatic carbocycles. The second-order valence-electron chi connectivity index (χ2n) is 15.6. The van der Waals surface area contributed by atoms with E-state index >= 15 is 0 Å². The van der Waals surface area contributed by atoms with Gasteiger partial charge in [0.15, 0.2) is 0 Å². The third-order valence-electron chi connectivity index (χ3n) is 12.3. The highest BCUT2D eigenvalue weighted by Gasteiger charge is 2.58. The molecular weight excluding hydrogens is 709 g/mol. The van der Waals surface area contributed by atoms with Gasteiger partial charge < -0.3 is 34.7 Å². The number of hydrogen-bond acceptors (Lipinski definition) is 7. The van der Waals surface area contributed by atoms with Crippen LogP contribution in [0.2, 0.25) is 0 Å². The van der Waals surface area contributed by atoms with Crippen molar-refractivity contribution in [2.24, 2.45) is 23.2 Å². The molecule has 4 N–H and O–H groups in total. The molecule has 1 unspecified atom stereocenters. The summed E-state index contributed by atoms with van der Waals surface area (Å²) in [6.45, 7) is 0.458. The van der Waals surface area contributed by atoms with E-state index in [1.807, 2.05) is 13.2 Å². The topological polar surface area (TPSA) is 131 Å². The zero-order chi connectivity index (χ0) is 38.2. The molecule has 2 fully saturated rings. The van der Waals surface area contributed by atoms with Crippen LogP contribution in [0.25, 0.3) is 0 Å². The number of benzene rings is 1. The van der Waals surface area contributed by atoms with E-state index in [-0.39, 0.29) is 17.3 Å². The van der Waals surface area contributed by atoms with Crippen molar-refractivity contribution in [3.8, 4) is 5.75 Å². The monoisotopic (exact) mass is 767 g/mol. The van der Waals surface area contributed by atoms with Gasteiger partial charge in [-0.2, -0.15) is 22.0 Å². The quantitative estimate of drug-likeness (QED) is 0.0617. The summed E-state index contributed by atoms with van der Waals surface area (Å²) in [4.78, 5) is 12.6. The first-order valence-electron chi connectivity index (χ1n) is 18.9. The van der Waals surface area contributed by atoms with Gasteiger partial charge in [0.1, 0.15) is 22.8 Å². The van der Waals surface area contributed by atoms with Crippen LogP contribution in [0.4, 0.5) is 26.7 Å². The molecule has 0 radical (unpaired) electrons. The van der Waals surface area contributed by atoms with Gasteiger partial charge in [-0.1, -0.05) is 56.3 Å². The fourth-order valence-corrected chi connectivity index (χ4v) is 10.5. The van der Waals surface area contributed by atoms with Crippen LogP contribution in [0.15, 0.2) is 18.2 Å². The lowest BCUT2D eigenvalue weighted by atomic mass is 9.52. The first-order chi connectivity index (χ1) is 24.6. The van der Waals surface area contributed by atoms with Crippen LogP contribution in [0.5, 0.6) is 5.75 Å². The zero-order valence-electron chi connectivity index (χ0n) is 30.5. The van der Waals surface area contributed by atoms with E-state index in [9.17, 15) is 46.6 Å². The molecule has 1 amide bonds. The minimum atomic E-state index is -5.57. The smallest absolute Gasteiger partial charge is 0.453 e. The standard InChI is InChI=1S/C38H58F5NO7S/c1-35-18-16-30-29-13-12-28(51-34(48)44-36(23-45,24-46)25-47)22-27(29)21-26(33(30)31(35)14-15-32(35)50-2)11-8-6-4-3-5-7-9-19-52(49)20-10-17-37(39,40)38(41,42)43/h12-13,22,26,30-33,45-47H,3-11,14-21,23-25H2,1-2H3,(H,44,48)/t26-,30-,31+,32+,33-,35+,52?/m1/s1. The molecule has 298 valence electrons. The van der Waals surface area contributed by atoms with Gasteiger partial charge in [-0.15, -0.1) is 0 Å². The summed E-state index contributed by atoms with van der Waals surface area (Å²) in [7, 11) is 1.83. The number of hydrogen-bond donors (Lipinski definition) is 4. The van der Waals surface area contributed by atoms with Gasteiger partial charge in [0, 0.05) is 13.5 Å². The zero-order valence-corrected chi connectivity index (χ0v) is 31.4. The Kier molecular flexibility index (Phi) is 15.5. The van der Waals surface area contributed by atoms with Crippen molar-refractivity contribution in [2.45, 2.75) is 133 Å². The Morgan fingerprint density at radius 2 is 1.58 bits per heavy atom. The number of methoxy groups -OCH3 is 1. The number of fused-ring (bicyclic) bond motifs is 5. The number of nitrogens with one attached hydrogen (secondary N) is 1. The molecule has 0 saturated heterocycles. The minimum absolute atomic E-state index is 0.142. The summed E-state index contributed by atoms with van der Waals surface area (Å²) >= 11 is -1.40. The average Bonchev–Trinajstić information content (AvgIpc) is 3.45. The van der Waals surface area contributed by atoms with Crippen LogP contribution in [-0.4, -0.2) is 88.1 Å². The number of alkyl halides is 5. The summed E-state index contributed by atoms with van der Waals surface area (Å²) in [6.07, 6.45) is 5.10. The van der Waals surface area contributed by atoms with E-state index < -0.39 is 67.6 Å². The first-order valence-corrected chi connectivity index (χ1v) is 20.4. The van der Waals surface area contributed by atoms with Gasteiger partial charge in [-0.05, 0) is 110 Å². The summed E-state index contributed by atoms with van der Waals surface area (Å²) in [5.74, 6) is -2.24. The fourth-order valence-electron chi connectivity index (χ4n) is 9.32. The number of aliphatic hydroxyl groups is 3. The first kappa shape index (κ1) is 43.0. The van der Waals surface area contributed by atoms with E-state index in [2.05, 4.69) is 18.3 Å². The van der Waals surface area contributed by atoms with E-state index in [0.29, 0.717) is 41.6 Å². The van der Waals surface area contributed by atoms with Gasteiger partial charge in [0.25, 0.3) is 0 Å². The van der Waals surface area contributed by atoms with Crippen LogP contribution >= 0.6 is 0 Å². The van der Waals surface area contributed by atoms with Crippen molar-refractivity contribution >= 4 is 17.3 Å². The SMILES string of the molecule is CO[C@H]1CC[C@H]2[C@@H]3[C@H](CCCCCCCCC[S+]([O-])CCCC(F)(F)C(F)(F)F)Cc4cc(OC(=O)NC(CO)(CO)CO)ccc4[C@H]3CC[C@]12C. The van der Waals surface area contributed by atoms with Crippen LogP contribution in [-0.2, 0) is 22.3 Å². The highest BCUT2D eigenvalue weighted by atomic mass is 32.2. The Labute approximate surface area is 307 Å². The van der Waals surface area contributed by atoms with Crippen molar-refractivity contribution in [1.29, 1.82) is 0 Å². The van der Waals surface area contributed by atoms with Crippen molar-refractivity contribution in [3.05, 3.63) is 29.3 Å². The average molecular weight is 768 g/mol. The fraction of sp³-hybridized carbons (Fsp3) is 0.816. The predicted octanol–water partition coefficient (Wildman–Crippen LogP) is 7.44. The normalized spacial score (nSPS) is 26.7. The molecule has 0 aromatic heterocycles. The molecular formula is C38H58F5NO7S. The lowest BCUT2D eigenvalue weighted by Gasteiger charge is -2.53. The van der Waals surface area contributed by atoms with Gasteiger partial charge in [0.2, 0.25) is 0 Å². The molecule has 1 aromatic rings. The molecule has 14 heteroatoms. The second-order valence-corrected chi connectivity index (χ2v) is 17.3. The number of aliphatic hydroxyl groups excluding tert-OH is 3. The minimum Gasteiger partial charge on any atom is -0.616 e. The summed E-state index contributed by atoms with van der Waals surface area (Å²) in [5, 5.41) is 31.1. The maximum Gasteiger partial charge on any atom is 0.453 e. The van der Waals surface area contributed by atoms with Gasteiger partial charge >= 0.3 is 18.2 Å². The molecule has 0 bridgehead atoms. The lowest BCUT2D eigenvalue weighted by Crippen LogP contribution is -2.57. The maximum absolute atomic E-state index is 13.1. The molecule has 3 aliphatic carbocycles. The number of unbranched alkanes of at least 4 members (excludes halogenated alkanes) is 6. The largest absolute Gasteiger partial charge is 0.616 e. The molecule has 0 spiro atoms. The summed E-state index contributed by atoms with van der Waals surface area (Å²) < 4.78 is 86.7. The highest BCUT2D eigenvalue weighted by molar-refractivity contribution is 7.91. The maximum atomic E-state index is 13.1. The van der Waals surface area contributed by atoms with Crippen molar-refractivity contribution in [2.75, 3.05) is 38.4 Å². The Hall–Kier alpha value is -1.71. The van der Waals surface area contributed by atoms with E-state index in [1.54, 1.807) is 6.07 Å². The van der Waals surface area contributed by atoms with Gasteiger partial charge in [0.05, 0.1) is 25.9 Å². The Bertz CT molecular complexity index is 1280. The molecule has 7 atom stereocenters. The highest BCUT2D eigenvalue weighted by Crippen LogP contribution is 2.63. The lowest BCUT2D eigenvalue weighted by molar-refractivity contribution is -0.284. The van der Waals surface area contributed by atoms with Crippen molar-refractivity contribution in [3.63, 3.8) is 0 Å². The second kappa shape index (κ2) is 18.8. The molecule has 0 heterocycles. The molecule has 4 rings (SSSR count). The van der Waals surface area contributed by atoms with Crippen LogP contribution in [0.3, 0.4) is 0 Å². The third-order valence-corrected chi connectivity index (χ3v) is 13.8. The number of amides is 1. The summed E-state index contributed by atoms with van der Waals surface area (Å²) in [6, 6.07) is 5.81. The number of carbonyl (C=O) groups is 1. The van der Waals surface area contributed by atoms with Crippen LogP contribution in [0, 0.1) is 23.2 Å². The third kappa shape index (κ3) is 10.3. The molecule has 0 aliphatic heterocycles. The number of rotatable bonds is 20. The van der Waals surface area contributed by atoms with E-state index in [1.165, 1.54) is 11.1 Å². The number of carbonyl (C=O) groups excluding carboxylic acids is 1. The predicted molar refractivity (Wildman–Crippen MR) is 189 cm³/mol. The van der Waals surface area contributed by atoms with E-state index in [4.69, 9.17) is 9.47 Å². The summed E-state index contributed by atoms with van der Waals surface area (Å²) in [5.41, 5.74) is 1.04. The Morgan fingerprint density at radius 1 is 0.942 bits per heavy atom. The molecule has 2 saturated carbocycles. The molecule has 52 heavy (non-hydrogen) atoms. The van der Waals surface area contributed by atoms with Gasteiger partial charge in [-0.3, -0.25) is 0 Å². The Balaban J connectivity index is 1.28. The number of halogens is 5. The van der Waals surface area contributed by atoms with Crippen molar-refractivity contribution < 1.29 is 56.1 Å². The van der Waals surface area contributed by atoms with Crippen molar-refractivity contribution in [1.82, 2.24) is 5.32 Å². The molecule has 3 aliphatic rings. The number of ether oxygens (including phenoxy) is 2. The molecule has 8 nitrogen and oxygen atoms in total. The Morgan fingerprint density at radius 3 is 2.21 bits per heavy atom. The van der Waals surface area contributed by atoms with Crippen LogP contribution in [0.1, 0.15) is 114 Å². The van der Waals surface area contributed by atoms with E-state index in [0.717, 1.165) is 77.0 Å². The van der Waals surface area contributed by atoms with Crippen LogP contribution < -0.4 is 10.1 Å². The van der Waals surface area contributed by atoms with Gasteiger partial charge in [-0.25, -0.2) is 4.79 Å².